The average Bonchev–Trinajstić information content (AvgIpc) is 2.52. The van der Waals surface area contributed by atoms with Gasteiger partial charge in [-0.05, 0) is 6.92 Å². The lowest BCUT2D eigenvalue weighted by Gasteiger charge is -1.95. The maximum absolute atomic E-state index is 11.0. The highest BCUT2D eigenvalue weighted by molar-refractivity contribution is 5.89. The van der Waals surface area contributed by atoms with Crippen LogP contribution >= 0.6 is 0 Å². The summed E-state index contributed by atoms with van der Waals surface area (Å²) in [5.41, 5.74) is 0.369. The minimum Gasteiger partial charge on any atom is -0.468 e. The summed E-state index contributed by atoms with van der Waals surface area (Å²) in [6, 6.07) is 1.48. The second-order valence-electron chi connectivity index (χ2n) is 2.08. The molecule has 0 bridgehead atoms. The van der Waals surface area contributed by atoms with Crippen LogP contribution in [0.5, 0.6) is 5.95 Å². The molecule has 0 aromatic carbocycles. The number of hydrogen-bond acceptors (Lipinski definition) is 4. The van der Waals surface area contributed by atoms with Crippen LogP contribution in [0, 0.1) is 0 Å². The first-order valence-corrected chi connectivity index (χ1v) is 3.57. The van der Waals surface area contributed by atoms with E-state index < -0.39 is 5.97 Å². The maximum atomic E-state index is 11.0. The fraction of sp³-hybridized carbons (Fsp3) is 0.375. The molecule has 1 rings (SSSR count). The molecule has 1 heterocycles. The van der Waals surface area contributed by atoms with Gasteiger partial charge in [-0.25, -0.2) is 4.79 Å². The van der Waals surface area contributed by atoms with E-state index >= 15 is 0 Å². The minimum absolute atomic E-state index is 0.304. The summed E-state index contributed by atoms with van der Waals surface area (Å²) in [6.07, 6.45) is 1.30. The SMILES string of the molecule is CCOC(=O)c1coc(OC)c1. The summed E-state index contributed by atoms with van der Waals surface area (Å²) in [4.78, 5) is 11.0. The lowest BCUT2D eigenvalue weighted by molar-refractivity contribution is 0.0525. The van der Waals surface area contributed by atoms with Crippen molar-refractivity contribution >= 4 is 5.97 Å². The highest BCUT2D eigenvalue weighted by Gasteiger charge is 2.10. The molecule has 0 unspecified atom stereocenters. The summed E-state index contributed by atoms with van der Waals surface area (Å²) in [5.74, 6) is -0.0948. The highest BCUT2D eigenvalue weighted by Crippen LogP contribution is 2.15. The van der Waals surface area contributed by atoms with Crippen LogP contribution < -0.4 is 4.74 Å². The molecule has 0 spiro atoms. The molecule has 4 heteroatoms. The molecule has 0 aliphatic heterocycles. The molecule has 1 aromatic rings. The van der Waals surface area contributed by atoms with Crippen LogP contribution in [0.2, 0.25) is 0 Å². The van der Waals surface area contributed by atoms with E-state index in [1.165, 1.54) is 19.4 Å². The quantitative estimate of drug-likeness (QED) is 0.644. The van der Waals surface area contributed by atoms with Crippen LogP contribution in [0.25, 0.3) is 0 Å². The number of ether oxygens (including phenoxy) is 2. The van der Waals surface area contributed by atoms with E-state index in [-0.39, 0.29) is 0 Å². The molecule has 0 N–H and O–H groups in total. The smallest absolute Gasteiger partial charge is 0.341 e. The Labute approximate surface area is 70.1 Å². The van der Waals surface area contributed by atoms with Crippen LogP contribution in [-0.4, -0.2) is 19.7 Å². The molecule has 0 radical (unpaired) electrons. The van der Waals surface area contributed by atoms with Crippen molar-refractivity contribution in [1.82, 2.24) is 0 Å². The van der Waals surface area contributed by atoms with Gasteiger partial charge >= 0.3 is 5.97 Å². The summed E-state index contributed by atoms with van der Waals surface area (Å²) in [5, 5.41) is 0. The predicted octanol–water partition coefficient (Wildman–Crippen LogP) is 1.46. The van der Waals surface area contributed by atoms with E-state index in [1.807, 2.05) is 0 Å². The predicted molar refractivity (Wildman–Crippen MR) is 41.2 cm³/mol. The fourth-order valence-corrected chi connectivity index (χ4v) is 0.745. The van der Waals surface area contributed by atoms with Gasteiger partial charge in [-0.1, -0.05) is 0 Å². The van der Waals surface area contributed by atoms with Crippen molar-refractivity contribution in [3.8, 4) is 5.95 Å². The van der Waals surface area contributed by atoms with E-state index in [0.717, 1.165) is 0 Å². The van der Waals surface area contributed by atoms with Gasteiger partial charge in [0.1, 0.15) is 11.8 Å². The average molecular weight is 170 g/mol. The first kappa shape index (κ1) is 8.64. The molecular formula is C8H10O4. The third-order valence-corrected chi connectivity index (χ3v) is 1.29. The molecule has 0 atom stereocenters. The van der Waals surface area contributed by atoms with Gasteiger partial charge in [-0.2, -0.15) is 0 Å². The Kier molecular flexibility index (Phi) is 2.74. The number of esters is 1. The van der Waals surface area contributed by atoms with Gasteiger partial charge in [0.25, 0.3) is 5.95 Å². The molecule has 0 saturated heterocycles. The Balaban J connectivity index is 2.68. The molecule has 0 aliphatic rings. The van der Waals surface area contributed by atoms with Gasteiger partial charge in [0, 0.05) is 6.07 Å². The summed E-state index contributed by atoms with van der Waals surface area (Å²) < 4.78 is 14.3. The van der Waals surface area contributed by atoms with Gasteiger partial charge in [0.05, 0.1) is 13.7 Å². The van der Waals surface area contributed by atoms with Gasteiger partial charge in [-0.3, -0.25) is 0 Å². The third kappa shape index (κ3) is 1.78. The van der Waals surface area contributed by atoms with Gasteiger partial charge in [0.2, 0.25) is 0 Å². The number of furan rings is 1. The lowest BCUT2D eigenvalue weighted by atomic mass is 10.3. The standard InChI is InChI=1S/C8H10O4/c1-3-11-8(9)6-4-7(10-2)12-5-6/h4-5H,3H2,1-2H3. The second kappa shape index (κ2) is 3.80. The Morgan fingerprint density at radius 3 is 2.92 bits per heavy atom. The largest absolute Gasteiger partial charge is 0.468 e. The number of rotatable bonds is 3. The Morgan fingerprint density at radius 2 is 2.42 bits per heavy atom. The molecule has 12 heavy (non-hydrogen) atoms. The molecule has 1 aromatic heterocycles. The molecule has 0 fully saturated rings. The van der Waals surface area contributed by atoms with Crippen molar-refractivity contribution in [2.24, 2.45) is 0 Å². The van der Waals surface area contributed by atoms with Crippen LogP contribution in [-0.2, 0) is 4.74 Å². The van der Waals surface area contributed by atoms with Crippen molar-refractivity contribution in [2.75, 3.05) is 13.7 Å². The zero-order valence-corrected chi connectivity index (χ0v) is 6.99. The van der Waals surface area contributed by atoms with E-state index in [4.69, 9.17) is 13.9 Å². The molecule has 66 valence electrons. The van der Waals surface area contributed by atoms with Crippen molar-refractivity contribution < 1.29 is 18.7 Å². The Hall–Kier alpha value is -1.45. The van der Waals surface area contributed by atoms with Gasteiger partial charge < -0.3 is 13.9 Å². The topological polar surface area (TPSA) is 48.7 Å². The molecular weight excluding hydrogens is 160 g/mol. The number of carbonyl (C=O) groups is 1. The van der Waals surface area contributed by atoms with Crippen molar-refractivity contribution in [2.45, 2.75) is 6.92 Å². The van der Waals surface area contributed by atoms with Gasteiger partial charge in [0.15, 0.2) is 0 Å². The highest BCUT2D eigenvalue weighted by atomic mass is 16.6. The van der Waals surface area contributed by atoms with Crippen molar-refractivity contribution in [3.05, 3.63) is 17.9 Å². The third-order valence-electron chi connectivity index (χ3n) is 1.29. The normalized spacial score (nSPS) is 9.50. The first-order valence-electron chi connectivity index (χ1n) is 3.57. The second-order valence-corrected chi connectivity index (χ2v) is 2.08. The molecule has 0 saturated carbocycles. The van der Waals surface area contributed by atoms with Crippen LogP contribution in [0.15, 0.2) is 16.7 Å². The lowest BCUT2D eigenvalue weighted by Crippen LogP contribution is -2.02. The zero-order valence-electron chi connectivity index (χ0n) is 6.99. The zero-order chi connectivity index (χ0) is 8.97. The molecule has 0 amide bonds. The summed E-state index contributed by atoms with van der Waals surface area (Å²) in [7, 11) is 1.47. The number of carbonyl (C=O) groups excluding carboxylic acids is 1. The minimum atomic E-state index is -0.399. The molecule has 4 nitrogen and oxygen atoms in total. The van der Waals surface area contributed by atoms with Crippen LogP contribution in [0.1, 0.15) is 17.3 Å². The Bertz CT molecular complexity index is 264. The van der Waals surface area contributed by atoms with Crippen molar-refractivity contribution in [3.63, 3.8) is 0 Å². The molecule has 0 aliphatic carbocycles. The number of methoxy groups -OCH3 is 1. The van der Waals surface area contributed by atoms with Crippen LogP contribution in [0.4, 0.5) is 0 Å². The Morgan fingerprint density at radius 1 is 1.67 bits per heavy atom. The van der Waals surface area contributed by atoms with E-state index in [9.17, 15) is 4.79 Å². The van der Waals surface area contributed by atoms with E-state index in [2.05, 4.69) is 0 Å². The summed E-state index contributed by atoms with van der Waals surface area (Å²) >= 11 is 0. The monoisotopic (exact) mass is 170 g/mol. The van der Waals surface area contributed by atoms with Crippen LogP contribution in [0.3, 0.4) is 0 Å². The maximum Gasteiger partial charge on any atom is 0.341 e. The fourth-order valence-electron chi connectivity index (χ4n) is 0.745. The van der Waals surface area contributed by atoms with E-state index in [0.29, 0.717) is 18.1 Å². The van der Waals surface area contributed by atoms with Gasteiger partial charge in [-0.15, -0.1) is 0 Å². The number of hydrogen-bond donors (Lipinski definition) is 0. The summed E-state index contributed by atoms with van der Waals surface area (Å²) in [6.45, 7) is 2.10. The first-order chi connectivity index (χ1) is 5.77. The van der Waals surface area contributed by atoms with E-state index in [1.54, 1.807) is 6.92 Å². The van der Waals surface area contributed by atoms with Crippen molar-refractivity contribution in [1.29, 1.82) is 0 Å².